The number of rotatable bonds is 8. The molecule has 0 fully saturated rings. The molecule has 2 N–H and O–H groups in total. The van der Waals surface area contributed by atoms with Gasteiger partial charge < -0.3 is 15.2 Å². The number of ether oxygens (including phenoxy) is 1. The van der Waals surface area contributed by atoms with E-state index in [1.165, 1.54) is 13.2 Å². The second-order valence-corrected chi connectivity index (χ2v) is 6.48. The zero-order chi connectivity index (χ0) is 15.2. The Bertz CT molecular complexity index is 556. The summed E-state index contributed by atoms with van der Waals surface area (Å²) in [6, 6.07) is 6.55. The number of carboxylic acid groups (broad SMARTS) is 1. The summed E-state index contributed by atoms with van der Waals surface area (Å²) < 4.78 is 28.9. The van der Waals surface area contributed by atoms with Crippen molar-refractivity contribution in [3.05, 3.63) is 24.3 Å². The Labute approximate surface area is 118 Å². The second-order valence-electron chi connectivity index (χ2n) is 4.24. The first kappa shape index (κ1) is 16.5. The van der Waals surface area contributed by atoms with E-state index < -0.39 is 21.9 Å². The number of hydrogen-bond acceptors (Lipinski definition) is 5. The monoisotopic (exact) mass is 301 g/mol. The van der Waals surface area contributed by atoms with Crippen LogP contribution in [-0.4, -0.2) is 45.0 Å². The molecule has 1 rings (SSSR count). The Morgan fingerprint density at radius 2 is 2.05 bits per heavy atom. The van der Waals surface area contributed by atoms with Crippen molar-refractivity contribution in [2.24, 2.45) is 0 Å². The van der Waals surface area contributed by atoms with E-state index in [0.29, 0.717) is 5.69 Å². The van der Waals surface area contributed by atoms with Gasteiger partial charge in [-0.2, -0.15) is 0 Å². The highest BCUT2D eigenvalue weighted by atomic mass is 32.2. The van der Waals surface area contributed by atoms with Crippen molar-refractivity contribution in [3.63, 3.8) is 0 Å². The second kappa shape index (κ2) is 7.25. The van der Waals surface area contributed by atoms with Gasteiger partial charge in [-0.3, -0.25) is 4.79 Å². The van der Waals surface area contributed by atoms with Crippen LogP contribution in [0.25, 0.3) is 0 Å². The molecule has 0 saturated carbocycles. The highest BCUT2D eigenvalue weighted by Gasteiger charge is 2.17. The van der Waals surface area contributed by atoms with Crippen LogP contribution in [0, 0.1) is 0 Å². The first-order valence-electron chi connectivity index (χ1n) is 6.21. The standard InChI is InChI=1S/C13H19NO5S/c1-3-20(17,18)12-7-5-4-6-11(12)14-9-10(19-2)8-13(15)16/h4-7,10,14H,3,8-9H2,1-2H3,(H,15,16). The molecule has 0 aliphatic heterocycles. The van der Waals surface area contributed by atoms with Crippen molar-refractivity contribution >= 4 is 21.5 Å². The number of carboxylic acids is 1. The third-order valence-electron chi connectivity index (χ3n) is 2.86. The molecule has 1 atom stereocenters. The number of para-hydroxylation sites is 1. The van der Waals surface area contributed by atoms with Gasteiger partial charge in [-0.05, 0) is 12.1 Å². The highest BCUT2D eigenvalue weighted by Crippen LogP contribution is 2.22. The number of nitrogens with one attached hydrogen (secondary N) is 1. The Balaban J connectivity index is 2.86. The largest absolute Gasteiger partial charge is 0.481 e. The van der Waals surface area contributed by atoms with Crippen LogP contribution in [0.2, 0.25) is 0 Å². The number of anilines is 1. The molecule has 0 amide bonds. The summed E-state index contributed by atoms with van der Waals surface area (Å²) in [6.07, 6.45) is -0.670. The Morgan fingerprint density at radius 3 is 2.60 bits per heavy atom. The fraction of sp³-hybridized carbons (Fsp3) is 0.462. The maximum absolute atomic E-state index is 11.9. The number of aliphatic carboxylic acids is 1. The van der Waals surface area contributed by atoms with Crippen molar-refractivity contribution in [1.29, 1.82) is 0 Å². The summed E-state index contributed by atoms with van der Waals surface area (Å²) in [5.74, 6) is -0.956. The number of methoxy groups -OCH3 is 1. The zero-order valence-corrected chi connectivity index (χ0v) is 12.3. The molecule has 20 heavy (non-hydrogen) atoms. The first-order chi connectivity index (χ1) is 9.40. The highest BCUT2D eigenvalue weighted by molar-refractivity contribution is 7.91. The van der Waals surface area contributed by atoms with Crippen molar-refractivity contribution in [3.8, 4) is 0 Å². The lowest BCUT2D eigenvalue weighted by atomic mass is 10.2. The summed E-state index contributed by atoms with van der Waals surface area (Å²) in [6.45, 7) is 1.80. The van der Waals surface area contributed by atoms with Crippen LogP contribution in [0.1, 0.15) is 13.3 Å². The van der Waals surface area contributed by atoms with Crippen molar-refractivity contribution in [1.82, 2.24) is 0 Å². The Hall–Kier alpha value is -1.60. The van der Waals surface area contributed by atoms with Gasteiger partial charge >= 0.3 is 5.97 Å². The fourth-order valence-corrected chi connectivity index (χ4v) is 2.77. The number of sulfone groups is 1. The van der Waals surface area contributed by atoms with Gasteiger partial charge in [0.05, 0.1) is 28.9 Å². The third kappa shape index (κ3) is 4.50. The van der Waals surface area contributed by atoms with Gasteiger partial charge in [0.15, 0.2) is 9.84 Å². The SMILES string of the molecule is CCS(=O)(=O)c1ccccc1NCC(CC(=O)O)OC. The molecule has 112 valence electrons. The van der Waals surface area contributed by atoms with Crippen LogP contribution in [0.15, 0.2) is 29.2 Å². The normalized spacial score (nSPS) is 12.9. The smallest absolute Gasteiger partial charge is 0.306 e. The van der Waals surface area contributed by atoms with Crippen LogP contribution in [-0.2, 0) is 19.4 Å². The molecule has 1 aromatic rings. The molecular weight excluding hydrogens is 282 g/mol. The topological polar surface area (TPSA) is 92.7 Å². The molecule has 1 unspecified atom stereocenters. The molecule has 0 heterocycles. The van der Waals surface area contributed by atoms with E-state index in [2.05, 4.69) is 5.32 Å². The predicted molar refractivity (Wildman–Crippen MR) is 75.7 cm³/mol. The molecule has 0 aromatic heterocycles. The van der Waals surface area contributed by atoms with Gasteiger partial charge in [0, 0.05) is 13.7 Å². The van der Waals surface area contributed by atoms with E-state index >= 15 is 0 Å². The van der Waals surface area contributed by atoms with Crippen LogP contribution in [0.3, 0.4) is 0 Å². The number of hydrogen-bond donors (Lipinski definition) is 2. The summed E-state index contributed by atoms with van der Waals surface area (Å²) in [5.41, 5.74) is 0.460. The van der Waals surface area contributed by atoms with Crippen molar-refractivity contribution < 1.29 is 23.1 Å². The maximum atomic E-state index is 11.9. The molecule has 6 nitrogen and oxygen atoms in total. The van der Waals surface area contributed by atoms with Crippen molar-refractivity contribution in [2.45, 2.75) is 24.3 Å². The molecule has 0 bridgehead atoms. The zero-order valence-electron chi connectivity index (χ0n) is 11.5. The first-order valence-corrected chi connectivity index (χ1v) is 7.86. The predicted octanol–water partition coefficient (Wildman–Crippen LogP) is 1.38. The Kier molecular flexibility index (Phi) is 5.97. The van der Waals surface area contributed by atoms with Crippen LogP contribution < -0.4 is 5.32 Å². The molecule has 0 radical (unpaired) electrons. The van der Waals surface area contributed by atoms with Crippen LogP contribution in [0.5, 0.6) is 0 Å². The molecule has 0 saturated heterocycles. The lowest BCUT2D eigenvalue weighted by Crippen LogP contribution is -2.25. The van der Waals surface area contributed by atoms with E-state index in [1.54, 1.807) is 25.1 Å². The molecular formula is C13H19NO5S. The molecule has 0 aliphatic rings. The van der Waals surface area contributed by atoms with Gasteiger partial charge in [0.25, 0.3) is 0 Å². The molecule has 0 spiro atoms. The van der Waals surface area contributed by atoms with Gasteiger partial charge in [-0.25, -0.2) is 8.42 Å². The van der Waals surface area contributed by atoms with Crippen molar-refractivity contribution in [2.75, 3.05) is 24.7 Å². The van der Waals surface area contributed by atoms with E-state index in [-0.39, 0.29) is 23.6 Å². The number of benzene rings is 1. The molecule has 0 aliphatic carbocycles. The lowest BCUT2D eigenvalue weighted by Gasteiger charge is -2.16. The molecule has 1 aromatic carbocycles. The number of carbonyl (C=O) groups is 1. The maximum Gasteiger partial charge on any atom is 0.306 e. The summed E-state index contributed by atoms with van der Waals surface area (Å²) in [7, 11) is -1.91. The van der Waals surface area contributed by atoms with Gasteiger partial charge in [0.1, 0.15) is 0 Å². The summed E-state index contributed by atoms with van der Waals surface area (Å²) >= 11 is 0. The average Bonchev–Trinajstić information content (AvgIpc) is 2.43. The minimum absolute atomic E-state index is 0.00846. The summed E-state index contributed by atoms with van der Waals surface area (Å²) in [5, 5.41) is 11.7. The van der Waals surface area contributed by atoms with Crippen LogP contribution >= 0.6 is 0 Å². The summed E-state index contributed by atoms with van der Waals surface area (Å²) in [4.78, 5) is 10.9. The van der Waals surface area contributed by atoms with Gasteiger partial charge in [-0.15, -0.1) is 0 Å². The lowest BCUT2D eigenvalue weighted by molar-refractivity contribution is -0.139. The minimum atomic E-state index is -3.33. The fourth-order valence-electron chi connectivity index (χ4n) is 1.70. The average molecular weight is 301 g/mol. The third-order valence-corrected chi connectivity index (χ3v) is 4.64. The van der Waals surface area contributed by atoms with E-state index in [0.717, 1.165) is 0 Å². The minimum Gasteiger partial charge on any atom is -0.481 e. The van der Waals surface area contributed by atoms with E-state index in [1.807, 2.05) is 0 Å². The van der Waals surface area contributed by atoms with Crippen LogP contribution in [0.4, 0.5) is 5.69 Å². The van der Waals surface area contributed by atoms with Gasteiger partial charge in [0.2, 0.25) is 0 Å². The van der Waals surface area contributed by atoms with Gasteiger partial charge in [-0.1, -0.05) is 19.1 Å². The van der Waals surface area contributed by atoms with E-state index in [4.69, 9.17) is 9.84 Å². The molecule has 7 heteroatoms. The van der Waals surface area contributed by atoms with E-state index in [9.17, 15) is 13.2 Å². The Morgan fingerprint density at radius 1 is 1.40 bits per heavy atom. The quantitative estimate of drug-likeness (QED) is 0.753.